The maximum absolute atomic E-state index is 13.0. The lowest BCUT2D eigenvalue weighted by molar-refractivity contribution is -0.645. The molecule has 5 rings (SSSR count). The molecule has 0 aliphatic carbocycles. The molecule has 3 heterocycles. The van der Waals surface area contributed by atoms with E-state index < -0.39 is 30.3 Å². The quantitative estimate of drug-likeness (QED) is 0.215. The number of rotatable bonds is 8. The molecule has 2 saturated heterocycles. The molecule has 13 heteroatoms. The van der Waals surface area contributed by atoms with Crippen LogP contribution in [0.25, 0.3) is 0 Å². The Hall–Kier alpha value is -3.65. The summed E-state index contributed by atoms with van der Waals surface area (Å²) in [6, 6.07) is 18.0. The van der Waals surface area contributed by atoms with Crippen LogP contribution in [0.15, 0.2) is 78.0 Å². The van der Waals surface area contributed by atoms with Crippen molar-refractivity contribution in [2.75, 3.05) is 17.6 Å². The summed E-state index contributed by atoms with van der Waals surface area (Å²) in [7, 11) is 0. The second-order valence-electron chi connectivity index (χ2n) is 10.3. The first-order valence-corrected chi connectivity index (χ1v) is 14.7. The highest BCUT2D eigenvalue weighted by Crippen LogP contribution is 2.39. The number of likely N-dealkylation sites (tertiary alicyclic amines) is 1. The van der Waals surface area contributed by atoms with Gasteiger partial charge in [-0.3, -0.25) is 9.59 Å². The number of nitrogens with zero attached hydrogens (tertiary/aromatic N) is 2. The van der Waals surface area contributed by atoms with E-state index in [1.807, 2.05) is 24.3 Å². The summed E-state index contributed by atoms with van der Waals surface area (Å²) in [6.07, 6.45) is -4.05. The van der Waals surface area contributed by atoms with Gasteiger partial charge in [-0.2, -0.15) is 17.9 Å². The van der Waals surface area contributed by atoms with Crippen molar-refractivity contribution in [2.45, 2.75) is 61.6 Å². The van der Waals surface area contributed by atoms with Gasteiger partial charge in [0.05, 0.1) is 18.8 Å². The van der Waals surface area contributed by atoms with Crippen molar-refractivity contribution < 1.29 is 42.1 Å². The summed E-state index contributed by atoms with van der Waals surface area (Å²) in [4.78, 5) is 25.1. The Bertz CT molecular complexity index is 1420. The minimum absolute atomic E-state index is 0.0800. The van der Waals surface area contributed by atoms with Crippen molar-refractivity contribution in [1.29, 1.82) is 0 Å². The van der Waals surface area contributed by atoms with Gasteiger partial charge in [0.15, 0.2) is 12.5 Å². The van der Waals surface area contributed by atoms with E-state index in [1.165, 1.54) is 18.0 Å². The fourth-order valence-electron chi connectivity index (χ4n) is 5.12. The summed E-state index contributed by atoms with van der Waals surface area (Å²) in [5, 5.41) is 24.7. The van der Waals surface area contributed by atoms with Crippen molar-refractivity contribution in [3.8, 4) is 0 Å². The van der Waals surface area contributed by atoms with Gasteiger partial charge in [0.2, 0.25) is 5.91 Å². The number of aromatic nitrogens is 1. The SMILES string of the molecule is O=C(Nc1ccc([C@H]2O[C@@H](CSc3cccc[n+]3[O-])C[C@@H](c3ccc(CO)cc3)O2)cc1)[C@@H]1CCCN1C(=O)C(F)(F)F. The number of anilines is 1. The topological polar surface area (TPSA) is 115 Å². The molecule has 228 valence electrons. The number of thioether (sulfide) groups is 1. The summed E-state index contributed by atoms with van der Waals surface area (Å²) in [6.45, 7) is -0.211. The average molecular weight is 618 g/mol. The van der Waals surface area contributed by atoms with Gasteiger partial charge in [-0.05, 0) is 42.2 Å². The van der Waals surface area contributed by atoms with E-state index >= 15 is 0 Å². The van der Waals surface area contributed by atoms with Crippen LogP contribution in [0.5, 0.6) is 0 Å². The van der Waals surface area contributed by atoms with Gasteiger partial charge < -0.3 is 30.0 Å². The molecule has 3 aromatic rings. The molecule has 2 amide bonds. The van der Waals surface area contributed by atoms with Crippen LogP contribution >= 0.6 is 11.8 Å². The zero-order valence-electron chi connectivity index (χ0n) is 22.9. The monoisotopic (exact) mass is 617 g/mol. The van der Waals surface area contributed by atoms with E-state index in [4.69, 9.17) is 9.47 Å². The van der Waals surface area contributed by atoms with Gasteiger partial charge in [-0.25, -0.2) is 0 Å². The third kappa shape index (κ3) is 7.47. The molecule has 0 radical (unpaired) electrons. The van der Waals surface area contributed by atoms with Crippen molar-refractivity contribution in [3.63, 3.8) is 0 Å². The summed E-state index contributed by atoms with van der Waals surface area (Å²) in [5.41, 5.74) is 2.67. The number of carbonyl (C=O) groups excluding carboxylic acids is 2. The highest BCUT2D eigenvalue weighted by atomic mass is 32.2. The number of benzene rings is 2. The normalized spacial score (nSPS) is 22.4. The third-order valence-corrected chi connectivity index (χ3v) is 8.48. The van der Waals surface area contributed by atoms with Crippen molar-refractivity contribution in [3.05, 3.63) is 94.8 Å². The van der Waals surface area contributed by atoms with Crippen LogP contribution in [0.2, 0.25) is 0 Å². The lowest BCUT2D eigenvalue weighted by Gasteiger charge is -2.36. The molecule has 0 spiro atoms. The number of carbonyl (C=O) groups is 2. The van der Waals surface area contributed by atoms with Crippen LogP contribution in [-0.4, -0.2) is 52.4 Å². The van der Waals surface area contributed by atoms with Crippen LogP contribution in [-0.2, 0) is 25.7 Å². The summed E-state index contributed by atoms with van der Waals surface area (Å²) < 4.78 is 52.3. The van der Waals surface area contributed by atoms with E-state index in [9.17, 15) is 33.1 Å². The lowest BCUT2D eigenvalue weighted by Crippen LogP contribution is -2.48. The molecule has 0 unspecified atom stereocenters. The van der Waals surface area contributed by atoms with Crippen molar-refractivity contribution in [2.24, 2.45) is 0 Å². The largest absolute Gasteiger partial charge is 0.618 e. The van der Waals surface area contributed by atoms with Crippen LogP contribution < -0.4 is 10.0 Å². The average Bonchev–Trinajstić information content (AvgIpc) is 3.50. The van der Waals surface area contributed by atoms with Crippen molar-refractivity contribution in [1.82, 2.24) is 4.90 Å². The first kappa shape index (κ1) is 30.8. The van der Waals surface area contributed by atoms with Gasteiger partial charge >= 0.3 is 12.1 Å². The lowest BCUT2D eigenvalue weighted by atomic mass is 10.0. The Balaban J connectivity index is 1.28. The molecule has 2 aliphatic rings. The van der Waals surface area contributed by atoms with E-state index in [2.05, 4.69) is 5.32 Å². The molecule has 2 N–H and O–H groups in total. The number of pyridine rings is 1. The summed E-state index contributed by atoms with van der Waals surface area (Å²) >= 11 is 1.37. The first-order chi connectivity index (χ1) is 20.6. The molecule has 2 aromatic carbocycles. The van der Waals surface area contributed by atoms with Crippen LogP contribution in [0, 0.1) is 5.21 Å². The van der Waals surface area contributed by atoms with E-state index in [1.54, 1.807) is 42.5 Å². The van der Waals surface area contributed by atoms with Crippen LogP contribution in [0.1, 0.15) is 48.3 Å². The van der Waals surface area contributed by atoms with Gasteiger partial charge in [0.25, 0.3) is 5.03 Å². The highest BCUT2D eigenvalue weighted by Gasteiger charge is 2.47. The van der Waals surface area contributed by atoms with Gasteiger partial charge in [-0.1, -0.05) is 48.2 Å². The molecular formula is C30H30F3N3O6S. The molecule has 0 saturated carbocycles. The molecule has 43 heavy (non-hydrogen) atoms. The number of amides is 2. The number of ether oxygens (including phenoxy) is 2. The van der Waals surface area contributed by atoms with E-state index in [-0.39, 0.29) is 31.8 Å². The number of aliphatic hydroxyl groups excluding tert-OH is 1. The molecule has 0 bridgehead atoms. The zero-order chi connectivity index (χ0) is 30.6. The molecule has 4 atom stereocenters. The Morgan fingerprint density at radius 3 is 2.44 bits per heavy atom. The standard InChI is InChI=1S/C30H30F3N3O6S/c31-30(32,33)29(39)35-14-3-4-24(35)27(38)34-22-12-10-21(11-13-22)28-41-23(18-43-26-5-1-2-15-36(26)40)16-25(42-28)20-8-6-19(17-37)7-9-20/h1-2,5-13,15,23-25,28,37H,3-4,14,16-18H2,(H,34,38)/t23-,24+,25+,28+/m1/s1. The predicted molar refractivity (Wildman–Crippen MR) is 150 cm³/mol. The number of halogens is 3. The predicted octanol–water partition coefficient (Wildman–Crippen LogP) is 4.64. The maximum Gasteiger partial charge on any atom is 0.471 e. The number of aliphatic hydroxyl groups is 1. The minimum atomic E-state index is -5.04. The van der Waals surface area contributed by atoms with Gasteiger partial charge in [0, 0.05) is 42.1 Å². The second-order valence-corrected chi connectivity index (χ2v) is 11.3. The van der Waals surface area contributed by atoms with Crippen LogP contribution in [0.4, 0.5) is 18.9 Å². The van der Waals surface area contributed by atoms with E-state index in [0.717, 1.165) is 15.9 Å². The molecule has 2 fully saturated rings. The van der Waals surface area contributed by atoms with Gasteiger partial charge in [-0.15, -0.1) is 0 Å². The molecule has 9 nitrogen and oxygen atoms in total. The second kappa shape index (κ2) is 13.3. The zero-order valence-corrected chi connectivity index (χ0v) is 23.7. The number of alkyl halides is 3. The Morgan fingerprint density at radius 2 is 1.77 bits per heavy atom. The number of hydrogen-bond donors (Lipinski definition) is 2. The maximum atomic E-state index is 13.0. The molecule has 2 aliphatic heterocycles. The first-order valence-electron chi connectivity index (χ1n) is 13.7. The smallest absolute Gasteiger partial charge is 0.471 e. The van der Waals surface area contributed by atoms with E-state index in [0.29, 0.717) is 39.8 Å². The molecule has 1 aromatic heterocycles. The van der Waals surface area contributed by atoms with Crippen LogP contribution in [0.3, 0.4) is 0 Å². The fourth-order valence-corrected chi connectivity index (χ4v) is 6.05. The Morgan fingerprint density at radius 1 is 1.05 bits per heavy atom. The van der Waals surface area contributed by atoms with Gasteiger partial charge in [0.1, 0.15) is 6.04 Å². The third-order valence-electron chi connectivity index (χ3n) is 7.33. The summed E-state index contributed by atoms with van der Waals surface area (Å²) in [5.74, 6) is -2.22. The minimum Gasteiger partial charge on any atom is -0.618 e. The highest BCUT2D eigenvalue weighted by molar-refractivity contribution is 7.99. The molecular weight excluding hydrogens is 587 g/mol. The Labute approximate surface area is 250 Å². The van der Waals surface area contributed by atoms with Crippen molar-refractivity contribution >= 4 is 29.3 Å². The fraction of sp³-hybridized carbons (Fsp3) is 0.367. The Kier molecular flexibility index (Phi) is 9.55. The number of hydrogen-bond acceptors (Lipinski definition) is 7. The number of nitrogens with one attached hydrogen (secondary N) is 1.